The molecule has 1 unspecified atom stereocenters. The van der Waals surface area contributed by atoms with E-state index in [4.69, 9.17) is 5.73 Å². The van der Waals surface area contributed by atoms with Gasteiger partial charge in [-0.05, 0) is 30.3 Å². The summed E-state index contributed by atoms with van der Waals surface area (Å²) in [5.41, 5.74) is 7.57. The molecule has 0 saturated carbocycles. The lowest BCUT2D eigenvalue weighted by Crippen LogP contribution is -2.10. The molecule has 0 bridgehead atoms. The molecule has 0 amide bonds. The highest BCUT2D eigenvalue weighted by Crippen LogP contribution is 2.28. The molecule has 0 radical (unpaired) electrons. The average Bonchev–Trinajstić information content (AvgIpc) is 2.99. The molecule has 3 N–H and O–H groups in total. The van der Waals surface area contributed by atoms with E-state index in [1.165, 1.54) is 29.1 Å². The van der Waals surface area contributed by atoms with Crippen LogP contribution in [0.25, 0.3) is 5.69 Å². The third kappa shape index (κ3) is 2.48. The third-order valence-electron chi connectivity index (χ3n) is 3.20. The summed E-state index contributed by atoms with van der Waals surface area (Å²) in [7, 11) is 0. The largest absolute Gasteiger partial charge is 0.398 e. The minimum atomic E-state index is -1.11. The van der Waals surface area contributed by atoms with E-state index in [1.54, 1.807) is 0 Å². The molecule has 3 aromatic rings. The molecule has 6 heteroatoms. The number of para-hydroxylation sites is 1. The smallest absolute Gasteiger partial charge is 0.125 e. The molecule has 5 nitrogen and oxygen atoms in total. The predicted molar refractivity (Wildman–Crippen MR) is 76.2 cm³/mol. The van der Waals surface area contributed by atoms with Crippen molar-refractivity contribution in [3.63, 3.8) is 0 Å². The van der Waals surface area contributed by atoms with Crippen LogP contribution < -0.4 is 5.73 Å². The van der Waals surface area contributed by atoms with E-state index in [9.17, 15) is 9.50 Å². The van der Waals surface area contributed by atoms with Gasteiger partial charge in [0.1, 0.15) is 11.9 Å². The van der Waals surface area contributed by atoms with Gasteiger partial charge in [0.05, 0.1) is 17.6 Å². The Hall–Kier alpha value is -2.73. The van der Waals surface area contributed by atoms with Gasteiger partial charge in [-0.25, -0.2) is 9.07 Å². The second-order valence-corrected chi connectivity index (χ2v) is 4.58. The summed E-state index contributed by atoms with van der Waals surface area (Å²) in [6.45, 7) is 0. The van der Waals surface area contributed by atoms with Gasteiger partial charge >= 0.3 is 0 Å². The zero-order chi connectivity index (χ0) is 14.8. The number of nitrogen functional groups attached to an aromatic ring is 1. The lowest BCUT2D eigenvalue weighted by atomic mass is 10.0. The van der Waals surface area contributed by atoms with Crippen LogP contribution in [0.5, 0.6) is 0 Å². The zero-order valence-electron chi connectivity index (χ0n) is 11.0. The van der Waals surface area contributed by atoms with Gasteiger partial charge in [0.15, 0.2) is 0 Å². The first-order valence-corrected chi connectivity index (χ1v) is 6.36. The van der Waals surface area contributed by atoms with E-state index in [2.05, 4.69) is 10.3 Å². The molecule has 0 aliphatic rings. The average molecular weight is 284 g/mol. The van der Waals surface area contributed by atoms with Gasteiger partial charge in [0.25, 0.3) is 0 Å². The van der Waals surface area contributed by atoms with Crippen LogP contribution in [-0.2, 0) is 0 Å². The molecule has 0 spiro atoms. The van der Waals surface area contributed by atoms with Crippen molar-refractivity contribution in [2.45, 2.75) is 6.10 Å². The minimum Gasteiger partial charge on any atom is -0.398 e. The Morgan fingerprint density at radius 1 is 1.14 bits per heavy atom. The molecule has 0 saturated heterocycles. The summed E-state index contributed by atoms with van der Waals surface area (Å²) in [4.78, 5) is 0. The Morgan fingerprint density at radius 3 is 2.67 bits per heavy atom. The molecule has 0 aliphatic heterocycles. The number of hydrogen-bond donors (Lipinski definition) is 2. The minimum absolute atomic E-state index is 0.287. The van der Waals surface area contributed by atoms with Gasteiger partial charge in [0.2, 0.25) is 0 Å². The lowest BCUT2D eigenvalue weighted by molar-refractivity contribution is 0.212. The van der Waals surface area contributed by atoms with E-state index in [0.29, 0.717) is 11.4 Å². The van der Waals surface area contributed by atoms with Gasteiger partial charge in [0, 0.05) is 11.3 Å². The first kappa shape index (κ1) is 13.3. The zero-order valence-corrected chi connectivity index (χ0v) is 11.0. The highest BCUT2D eigenvalue weighted by atomic mass is 19.1. The van der Waals surface area contributed by atoms with Gasteiger partial charge in [-0.1, -0.05) is 23.4 Å². The van der Waals surface area contributed by atoms with Crippen LogP contribution in [0.4, 0.5) is 10.1 Å². The highest BCUT2D eigenvalue weighted by Gasteiger charge is 2.20. The first-order valence-electron chi connectivity index (χ1n) is 6.36. The molecule has 3 rings (SSSR count). The van der Waals surface area contributed by atoms with Gasteiger partial charge in [-0.3, -0.25) is 0 Å². The second-order valence-electron chi connectivity index (χ2n) is 4.58. The third-order valence-corrected chi connectivity index (χ3v) is 3.20. The fourth-order valence-electron chi connectivity index (χ4n) is 2.14. The number of rotatable bonds is 3. The Bertz CT molecular complexity index is 757. The molecule has 1 atom stereocenters. The van der Waals surface area contributed by atoms with Gasteiger partial charge in [-0.15, -0.1) is 5.10 Å². The maximum Gasteiger partial charge on any atom is 0.125 e. The molecule has 106 valence electrons. The molecular weight excluding hydrogens is 271 g/mol. The van der Waals surface area contributed by atoms with Crippen LogP contribution in [0.1, 0.15) is 17.4 Å². The van der Waals surface area contributed by atoms with Gasteiger partial charge < -0.3 is 10.8 Å². The van der Waals surface area contributed by atoms with Crippen molar-refractivity contribution in [3.05, 3.63) is 71.8 Å². The van der Waals surface area contributed by atoms with Crippen molar-refractivity contribution in [2.24, 2.45) is 0 Å². The van der Waals surface area contributed by atoms with Crippen molar-refractivity contribution >= 4 is 5.69 Å². The fourth-order valence-corrected chi connectivity index (χ4v) is 2.14. The lowest BCUT2D eigenvalue weighted by Gasteiger charge is -2.14. The van der Waals surface area contributed by atoms with Crippen LogP contribution in [0, 0.1) is 5.82 Å². The predicted octanol–water partition coefficient (Wildman–Crippen LogP) is 2.07. The standard InChI is InChI=1S/C15H13FN4O/c16-10-6-7-13(17)12(8-10)15(21)14-9-18-19-20(14)11-4-2-1-3-5-11/h1-9,15,21H,17H2. The maximum absolute atomic E-state index is 13.4. The number of aliphatic hydroxyl groups is 1. The quantitative estimate of drug-likeness (QED) is 0.722. The van der Waals surface area contributed by atoms with Crippen molar-refractivity contribution < 1.29 is 9.50 Å². The van der Waals surface area contributed by atoms with E-state index in [-0.39, 0.29) is 5.56 Å². The number of halogens is 1. The van der Waals surface area contributed by atoms with Crippen LogP contribution in [0.3, 0.4) is 0 Å². The topological polar surface area (TPSA) is 77.0 Å². The normalized spacial score (nSPS) is 12.3. The van der Waals surface area contributed by atoms with Crippen molar-refractivity contribution in [3.8, 4) is 5.69 Å². The maximum atomic E-state index is 13.4. The molecule has 2 aromatic carbocycles. The molecule has 1 aromatic heterocycles. The number of aromatic nitrogens is 3. The van der Waals surface area contributed by atoms with E-state index >= 15 is 0 Å². The Morgan fingerprint density at radius 2 is 1.90 bits per heavy atom. The molecular formula is C15H13FN4O. The van der Waals surface area contributed by atoms with Crippen LogP contribution in [0.15, 0.2) is 54.7 Å². The van der Waals surface area contributed by atoms with Crippen molar-refractivity contribution in [1.29, 1.82) is 0 Å². The Labute approximate surface area is 120 Å². The van der Waals surface area contributed by atoms with Crippen LogP contribution in [-0.4, -0.2) is 20.1 Å². The monoisotopic (exact) mass is 284 g/mol. The van der Waals surface area contributed by atoms with Crippen molar-refractivity contribution in [1.82, 2.24) is 15.0 Å². The highest BCUT2D eigenvalue weighted by molar-refractivity contribution is 5.50. The molecule has 0 aliphatic carbocycles. The molecule has 1 heterocycles. The number of hydrogen-bond acceptors (Lipinski definition) is 4. The number of anilines is 1. The summed E-state index contributed by atoms with van der Waals surface area (Å²) in [6, 6.07) is 13.1. The van der Waals surface area contributed by atoms with Gasteiger partial charge in [-0.2, -0.15) is 0 Å². The van der Waals surface area contributed by atoms with E-state index in [0.717, 1.165) is 5.69 Å². The Balaban J connectivity index is 2.06. The Kier molecular flexibility index (Phi) is 3.37. The molecule has 0 fully saturated rings. The van der Waals surface area contributed by atoms with Crippen LogP contribution in [0.2, 0.25) is 0 Å². The summed E-state index contributed by atoms with van der Waals surface area (Å²) in [6.07, 6.45) is 0.318. The molecule has 21 heavy (non-hydrogen) atoms. The summed E-state index contributed by atoms with van der Waals surface area (Å²) in [5, 5.41) is 18.3. The fraction of sp³-hybridized carbons (Fsp3) is 0.0667. The number of nitrogens with two attached hydrogens (primary N) is 1. The number of benzene rings is 2. The van der Waals surface area contributed by atoms with E-state index < -0.39 is 11.9 Å². The van der Waals surface area contributed by atoms with Crippen molar-refractivity contribution in [2.75, 3.05) is 5.73 Å². The second kappa shape index (κ2) is 5.34. The SMILES string of the molecule is Nc1ccc(F)cc1C(O)c1cnnn1-c1ccccc1. The summed E-state index contributed by atoms with van der Waals surface area (Å²) in [5.74, 6) is -0.461. The summed E-state index contributed by atoms with van der Waals surface area (Å²) < 4.78 is 14.9. The van der Waals surface area contributed by atoms with E-state index in [1.807, 2.05) is 30.3 Å². The number of nitrogens with zero attached hydrogens (tertiary/aromatic N) is 3. The summed E-state index contributed by atoms with van der Waals surface area (Å²) >= 11 is 0. The number of aliphatic hydroxyl groups excluding tert-OH is 1. The first-order chi connectivity index (χ1) is 10.2. The van der Waals surface area contributed by atoms with Crippen LogP contribution >= 0.6 is 0 Å².